The van der Waals surface area contributed by atoms with Crippen LogP contribution in [-0.4, -0.2) is 33.0 Å². The van der Waals surface area contributed by atoms with Crippen molar-refractivity contribution in [3.05, 3.63) is 71.4 Å². The molecule has 0 fully saturated rings. The van der Waals surface area contributed by atoms with E-state index in [1.54, 1.807) is 18.0 Å². The van der Waals surface area contributed by atoms with Gasteiger partial charge in [-0.3, -0.25) is 10.1 Å². The lowest BCUT2D eigenvalue weighted by Gasteiger charge is -2.04. The van der Waals surface area contributed by atoms with E-state index in [0.29, 0.717) is 16.4 Å². The summed E-state index contributed by atoms with van der Waals surface area (Å²) in [6.45, 7) is 4.08. The van der Waals surface area contributed by atoms with E-state index < -0.39 is 0 Å². The highest BCUT2D eigenvalue weighted by atomic mass is 32.1. The molecular formula is C22H21N5O2S. The number of methoxy groups -OCH3 is 1. The summed E-state index contributed by atoms with van der Waals surface area (Å²) in [6.07, 6.45) is 1.73. The number of anilines is 1. The molecule has 4 rings (SSSR count). The van der Waals surface area contributed by atoms with E-state index in [1.807, 2.05) is 68.4 Å². The highest BCUT2D eigenvalue weighted by Crippen LogP contribution is 2.28. The van der Waals surface area contributed by atoms with Gasteiger partial charge in [0.05, 0.1) is 18.4 Å². The number of hydrogen-bond donors (Lipinski definition) is 1. The number of para-hydroxylation sites is 1. The van der Waals surface area contributed by atoms with E-state index in [9.17, 15) is 4.79 Å². The molecule has 0 spiro atoms. The average molecular weight is 420 g/mol. The number of benzene rings is 2. The average Bonchev–Trinajstić information content (AvgIpc) is 3.42. The van der Waals surface area contributed by atoms with Gasteiger partial charge in [-0.05, 0) is 36.4 Å². The zero-order valence-corrected chi connectivity index (χ0v) is 17.7. The van der Waals surface area contributed by atoms with Gasteiger partial charge in [-0.25, -0.2) is 4.68 Å². The lowest BCUT2D eigenvalue weighted by Crippen LogP contribution is -2.12. The molecular weight excluding hydrogens is 398 g/mol. The van der Waals surface area contributed by atoms with Crippen LogP contribution in [0.5, 0.6) is 5.75 Å². The Morgan fingerprint density at radius 2 is 1.80 bits per heavy atom. The van der Waals surface area contributed by atoms with Gasteiger partial charge in [0, 0.05) is 17.7 Å². The van der Waals surface area contributed by atoms with E-state index in [0.717, 1.165) is 22.0 Å². The number of aromatic nitrogens is 4. The van der Waals surface area contributed by atoms with Gasteiger partial charge in [0.25, 0.3) is 5.91 Å². The topological polar surface area (TPSA) is 81.9 Å². The molecule has 0 aliphatic heterocycles. The van der Waals surface area contributed by atoms with Gasteiger partial charge in [-0.1, -0.05) is 43.4 Å². The van der Waals surface area contributed by atoms with Crippen LogP contribution in [0.1, 0.15) is 35.1 Å². The second-order valence-corrected chi connectivity index (χ2v) is 7.96. The maximum atomic E-state index is 13.1. The summed E-state index contributed by atoms with van der Waals surface area (Å²) in [5.41, 5.74) is 2.71. The molecule has 2 aromatic heterocycles. The lowest BCUT2D eigenvalue weighted by atomic mass is 10.1. The standard InChI is InChI=1S/C22H21N5O2S/c1-14(2)21-24-25-22(30-21)23-20(28)18-13-27(16-7-5-4-6-8-16)26-19(18)15-9-11-17(29-3)12-10-15/h4-14H,1-3H3,(H,23,25,28). The Balaban J connectivity index is 1.72. The summed E-state index contributed by atoms with van der Waals surface area (Å²) in [6, 6.07) is 17.1. The summed E-state index contributed by atoms with van der Waals surface area (Å²) < 4.78 is 6.94. The van der Waals surface area contributed by atoms with Crippen molar-refractivity contribution in [2.45, 2.75) is 19.8 Å². The molecule has 1 amide bonds. The summed E-state index contributed by atoms with van der Waals surface area (Å²) in [4.78, 5) is 13.1. The number of amides is 1. The Hall–Kier alpha value is -3.52. The molecule has 152 valence electrons. The maximum absolute atomic E-state index is 13.1. The van der Waals surface area contributed by atoms with E-state index >= 15 is 0 Å². The second-order valence-electron chi connectivity index (χ2n) is 6.95. The van der Waals surface area contributed by atoms with Gasteiger partial charge >= 0.3 is 0 Å². The first kappa shape index (κ1) is 19.8. The summed E-state index contributed by atoms with van der Waals surface area (Å²) in [7, 11) is 1.62. The molecule has 30 heavy (non-hydrogen) atoms. The molecule has 0 unspecified atom stereocenters. The lowest BCUT2D eigenvalue weighted by molar-refractivity contribution is 0.102. The Bertz CT molecular complexity index is 1150. The number of carbonyl (C=O) groups excluding carboxylic acids is 1. The van der Waals surface area contributed by atoms with Crippen LogP contribution in [0.25, 0.3) is 16.9 Å². The Labute approximate surface area is 178 Å². The predicted molar refractivity (Wildman–Crippen MR) is 118 cm³/mol. The number of hydrogen-bond acceptors (Lipinski definition) is 6. The number of rotatable bonds is 6. The fraction of sp³-hybridized carbons (Fsp3) is 0.182. The quantitative estimate of drug-likeness (QED) is 0.487. The van der Waals surface area contributed by atoms with Crippen molar-refractivity contribution in [2.24, 2.45) is 0 Å². The first-order valence-electron chi connectivity index (χ1n) is 9.49. The van der Waals surface area contributed by atoms with Gasteiger partial charge in [-0.2, -0.15) is 5.10 Å². The minimum Gasteiger partial charge on any atom is -0.497 e. The molecule has 0 saturated heterocycles. The zero-order chi connectivity index (χ0) is 21.1. The third-order valence-corrected chi connectivity index (χ3v) is 5.64. The first-order valence-corrected chi connectivity index (χ1v) is 10.3. The predicted octanol–water partition coefficient (Wildman–Crippen LogP) is 4.78. The fourth-order valence-corrected chi connectivity index (χ4v) is 3.64. The number of nitrogens with zero attached hydrogens (tertiary/aromatic N) is 4. The minimum atomic E-state index is -0.283. The Morgan fingerprint density at radius 3 is 2.43 bits per heavy atom. The normalized spacial score (nSPS) is 10.9. The third-order valence-electron chi connectivity index (χ3n) is 4.50. The fourth-order valence-electron chi connectivity index (χ4n) is 2.90. The van der Waals surface area contributed by atoms with Crippen LogP contribution in [-0.2, 0) is 0 Å². The van der Waals surface area contributed by atoms with Crippen LogP contribution in [0, 0.1) is 0 Å². The SMILES string of the molecule is COc1ccc(-c2nn(-c3ccccc3)cc2C(=O)Nc2nnc(C(C)C)s2)cc1. The number of ether oxygens (including phenoxy) is 1. The molecule has 4 aromatic rings. The highest BCUT2D eigenvalue weighted by molar-refractivity contribution is 7.15. The zero-order valence-electron chi connectivity index (χ0n) is 16.9. The van der Waals surface area contributed by atoms with Gasteiger partial charge in [-0.15, -0.1) is 10.2 Å². The summed E-state index contributed by atoms with van der Waals surface area (Å²) in [5.74, 6) is 0.709. The van der Waals surface area contributed by atoms with Crippen molar-refractivity contribution in [1.82, 2.24) is 20.0 Å². The van der Waals surface area contributed by atoms with Gasteiger partial charge in [0.2, 0.25) is 5.13 Å². The van der Waals surface area contributed by atoms with E-state index in [2.05, 4.69) is 20.6 Å². The van der Waals surface area contributed by atoms with Crippen LogP contribution in [0.4, 0.5) is 5.13 Å². The smallest absolute Gasteiger partial charge is 0.261 e. The summed E-state index contributed by atoms with van der Waals surface area (Å²) in [5, 5.41) is 17.1. The van der Waals surface area contributed by atoms with Crippen molar-refractivity contribution in [3.8, 4) is 22.7 Å². The molecule has 0 radical (unpaired) electrons. The molecule has 0 saturated carbocycles. The monoisotopic (exact) mass is 419 g/mol. The molecule has 0 aliphatic rings. The van der Waals surface area contributed by atoms with Crippen LogP contribution < -0.4 is 10.1 Å². The van der Waals surface area contributed by atoms with Gasteiger partial charge in [0.15, 0.2) is 0 Å². The van der Waals surface area contributed by atoms with Crippen LogP contribution in [0.2, 0.25) is 0 Å². The Kier molecular flexibility index (Phi) is 5.58. The van der Waals surface area contributed by atoms with E-state index in [4.69, 9.17) is 4.74 Å². The number of carbonyl (C=O) groups is 1. The second kappa shape index (κ2) is 8.46. The van der Waals surface area contributed by atoms with Crippen molar-refractivity contribution in [1.29, 1.82) is 0 Å². The van der Waals surface area contributed by atoms with E-state index in [-0.39, 0.29) is 11.8 Å². The third kappa shape index (κ3) is 4.08. The molecule has 2 heterocycles. The van der Waals surface area contributed by atoms with Crippen molar-refractivity contribution >= 4 is 22.4 Å². The molecule has 2 aromatic carbocycles. The van der Waals surface area contributed by atoms with Crippen molar-refractivity contribution in [2.75, 3.05) is 12.4 Å². The molecule has 0 bridgehead atoms. The molecule has 1 N–H and O–H groups in total. The van der Waals surface area contributed by atoms with Crippen LogP contribution in [0.3, 0.4) is 0 Å². The molecule has 7 nitrogen and oxygen atoms in total. The Morgan fingerprint density at radius 1 is 1.07 bits per heavy atom. The van der Waals surface area contributed by atoms with Crippen molar-refractivity contribution in [3.63, 3.8) is 0 Å². The van der Waals surface area contributed by atoms with Crippen LogP contribution >= 0.6 is 11.3 Å². The maximum Gasteiger partial charge on any atom is 0.261 e. The van der Waals surface area contributed by atoms with E-state index in [1.165, 1.54) is 11.3 Å². The first-order chi connectivity index (χ1) is 14.5. The summed E-state index contributed by atoms with van der Waals surface area (Å²) >= 11 is 1.38. The molecule has 0 aliphatic carbocycles. The van der Waals surface area contributed by atoms with Crippen molar-refractivity contribution < 1.29 is 9.53 Å². The van der Waals surface area contributed by atoms with Gasteiger partial charge < -0.3 is 4.74 Å². The number of nitrogens with one attached hydrogen (secondary N) is 1. The van der Waals surface area contributed by atoms with Crippen LogP contribution in [0.15, 0.2) is 60.8 Å². The molecule has 8 heteroatoms. The largest absolute Gasteiger partial charge is 0.497 e. The van der Waals surface area contributed by atoms with Gasteiger partial charge in [0.1, 0.15) is 16.5 Å². The molecule has 0 atom stereocenters. The minimum absolute atomic E-state index is 0.254. The highest BCUT2D eigenvalue weighted by Gasteiger charge is 2.20.